The second-order valence-electron chi connectivity index (χ2n) is 7.02. The second-order valence-corrected chi connectivity index (χ2v) is 7.02. The highest BCUT2D eigenvalue weighted by molar-refractivity contribution is 5.90. The van der Waals surface area contributed by atoms with E-state index < -0.39 is 0 Å². The molecule has 2 aromatic carbocycles. The number of hydrogen-bond acceptors (Lipinski definition) is 5. The molecule has 1 heterocycles. The Kier molecular flexibility index (Phi) is 7.84. The standard InChI is InChI=1S/C22H28FN3O3/c1-28-20-5-7-21(8-6-20)29-16-15-26-13-11-25(12-14-26)10-9-22(27)24-19-4-2-3-18(23)17-19/h2-8,17H,9-16H2,1H3,(H,24,27). The van der Waals surface area contributed by atoms with E-state index in [-0.39, 0.29) is 11.7 Å². The zero-order valence-electron chi connectivity index (χ0n) is 16.8. The number of nitrogens with zero attached hydrogens (tertiary/aromatic N) is 2. The molecule has 0 aliphatic carbocycles. The van der Waals surface area contributed by atoms with Crippen molar-refractivity contribution in [2.24, 2.45) is 0 Å². The molecule has 0 aromatic heterocycles. The van der Waals surface area contributed by atoms with Gasteiger partial charge < -0.3 is 19.7 Å². The van der Waals surface area contributed by atoms with Crippen LogP contribution in [0.15, 0.2) is 48.5 Å². The van der Waals surface area contributed by atoms with Crippen molar-refractivity contribution in [3.63, 3.8) is 0 Å². The molecular formula is C22H28FN3O3. The van der Waals surface area contributed by atoms with E-state index in [9.17, 15) is 9.18 Å². The van der Waals surface area contributed by atoms with Crippen molar-refractivity contribution in [2.75, 3.05) is 58.3 Å². The summed E-state index contributed by atoms with van der Waals surface area (Å²) in [5.41, 5.74) is 0.497. The minimum Gasteiger partial charge on any atom is -0.497 e. The molecule has 0 saturated carbocycles. The molecule has 2 aromatic rings. The molecule has 1 amide bonds. The zero-order chi connectivity index (χ0) is 20.5. The Morgan fingerprint density at radius 1 is 1.00 bits per heavy atom. The molecule has 29 heavy (non-hydrogen) atoms. The zero-order valence-corrected chi connectivity index (χ0v) is 16.8. The molecule has 1 fully saturated rings. The highest BCUT2D eigenvalue weighted by atomic mass is 19.1. The summed E-state index contributed by atoms with van der Waals surface area (Å²) in [5.74, 6) is 1.22. The third-order valence-corrected chi connectivity index (χ3v) is 4.96. The van der Waals surface area contributed by atoms with E-state index in [1.54, 1.807) is 19.2 Å². The van der Waals surface area contributed by atoms with Crippen LogP contribution in [0.1, 0.15) is 6.42 Å². The average molecular weight is 401 g/mol. The molecule has 1 aliphatic heterocycles. The number of nitrogens with one attached hydrogen (secondary N) is 1. The van der Waals surface area contributed by atoms with Gasteiger partial charge in [-0.25, -0.2) is 4.39 Å². The average Bonchev–Trinajstić information content (AvgIpc) is 2.74. The molecule has 6 nitrogen and oxygen atoms in total. The number of benzene rings is 2. The lowest BCUT2D eigenvalue weighted by atomic mass is 10.2. The van der Waals surface area contributed by atoms with Crippen LogP contribution in [0.2, 0.25) is 0 Å². The number of piperazine rings is 1. The topological polar surface area (TPSA) is 54.0 Å². The van der Waals surface area contributed by atoms with Crippen molar-refractivity contribution >= 4 is 11.6 Å². The van der Waals surface area contributed by atoms with Gasteiger partial charge in [-0.15, -0.1) is 0 Å². The van der Waals surface area contributed by atoms with Crippen LogP contribution in [0.25, 0.3) is 0 Å². The molecular weight excluding hydrogens is 373 g/mol. The third-order valence-electron chi connectivity index (χ3n) is 4.96. The van der Waals surface area contributed by atoms with Gasteiger partial charge in [0.05, 0.1) is 7.11 Å². The van der Waals surface area contributed by atoms with Gasteiger partial charge in [0.1, 0.15) is 23.9 Å². The highest BCUT2D eigenvalue weighted by Gasteiger charge is 2.17. The van der Waals surface area contributed by atoms with E-state index in [2.05, 4.69) is 15.1 Å². The summed E-state index contributed by atoms with van der Waals surface area (Å²) in [6.45, 7) is 5.99. The first kappa shape index (κ1) is 21.1. The monoisotopic (exact) mass is 401 g/mol. The van der Waals surface area contributed by atoms with Crippen LogP contribution < -0.4 is 14.8 Å². The van der Waals surface area contributed by atoms with Gasteiger partial charge in [-0.2, -0.15) is 0 Å². The first-order valence-corrected chi connectivity index (χ1v) is 9.89. The van der Waals surface area contributed by atoms with E-state index in [4.69, 9.17) is 9.47 Å². The van der Waals surface area contributed by atoms with Crippen molar-refractivity contribution in [1.29, 1.82) is 0 Å². The Bertz CT molecular complexity index is 777. The van der Waals surface area contributed by atoms with Gasteiger partial charge in [-0.05, 0) is 42.5 Å². The Hall–Kier alpha value is -2.64. The number of carbonyl (C=O) groups is 1. The first-order chi connectivity index (χ1) is 14.1. The summed E-state index contributed by atoms with van der Waals surface area (Å²) < 4.78 is 24.1. The van der Waals surface area contributed by atoms with Crippen LogP contribution in [0.3, 0.4) is 0 Å². The minimum absolute atomic E-state index is 0.0917. The molecule has 0 unspecified atom stereocenters. The van der Waals surface area contributed by atoms with Gasteiger partial charge in [0, 0.05) is 51.4 Å². The fourth-order valence-electron chi connectivity index (χ4n) is 3.25. The minimum atomic E-state index is -0.352. The Morgan fingerprint density at radius 3 is 2.31 bits per heavy atom. The summed E-state index contributed by atoms with van der Waals surface area (Å²) in [5, 5.41) is 2.74. The van der Waals surface area contributed by atoms with Crippen molar-refractivity contribution in [2.45, 2.75) is 6.42 Å². The lowest BCUT2D eigenvalue weighted by Crippen LogP contribution is -2.48. The third kappa shape index (κ3) is 7.03. The largest absolute Gasteiger partial charge is 0.497 e. The van der Waals surface area contributed by atoms with Gasteiger partial charge in [0.2, 0.25) is 5.91 Å². The fraction of sp³-hybridized carbons (Fsp3) is 0.409. The van der Waals surface area contributed by atoms with Crippen molar-refractivity contribution in [3.8, 4) is 11.5 Å². The lowest BCUT2D eigenvalue weighted by molar-refractivity contribution is -0.116. The predicted octanol–water partition coefficient (Wildman–Crippen LogP) is 2.86. The second kappa shape index (κ2) is 10.8. The van der Waals surface area contributed by atoms with Crippen molar-refractivity contribution < 1.29 is 18.7 Å². The van der Waals surface area contributed by atoms with E-state index in [0.717, 1.165) is 44.2 Å². The molecule has 0 atom stereocenters. The summed E-state index contributed by atoms with van der Waals surface area (Å²) in [6.07, 6.45) is 0.400. The summed E-state index contributed by atoms with van der Waals surface area (Å²) >= 11 is 0. The van der Waals surface area contributed by atoms with Crippen molar-refractivity contribution in [3.05, 3.63) is 54.3 Å². The SMILES string of the molecule is COc1ccc(OCCN2CCN(CCC(=O)Nc3cccc(F)c3)CC2)cc1. The first-order valence-electron chi connectivity index (χ1n) is 9.89. The maximum absolute atomic E-state index is 13.2. The van der Waals surface area contributed by atoms with Crippen LogP contribution in [0, 0.1) is 5.82 Å². The van der Waals surface area contributed by atoms with Crippen LogP contribution in [-0.2, 0) is 4.79 Å². The van der Waals surface area contributed by atoms with E-state index in [1.165, 1.54) is 12.1 Å². The molecule has 1 N–H and O–H groups in total. The smallest absolute Gasteiger partial charge is 0.225 e. The van der Waals surface area contributed by atoms with Gasteiger partial charge in [0.25, 0.3) is 0 Å². The molecule has 156 valence electrons. The Balaban J connectivity index is 1.29. The molecule has 0 radical (unpaired) electrons. The summed E-state index contributed by atoms with van der Waals surface area (Å²) in [7, 11) is 1.65. The fourth-order valence-corrected chi connectivity index (χ4v) is 3.25. The van der Waals surface area contributed by atoms with Gasteiger partial charge >= 0.3 is 0 Å². The molecule has 7 heteroatoms. The number of carbonyl (C=O) groups excluding carboxylic acids is 1. The van der Waals surface area contributed by atoms with Crippen LogP contribution in [0.4, 0.5) is 10.1 Å². The Labute approximate surface area is 171 Å². The maximum atomic E-state index is 13.2. The van der Waals surface area contributed by atoms with E-state index >= 15 is 0 Å². The van der Waals surface area contributed by atoms with E-state index in [0.29, 0.717) is 25.3 Å². The van der Waals surface area contributed by atoms with Gasteiger partial charge in [0.15, 0.2) is 0 Å². The number of anilines is 1. The van der Waals surface area contributed by atoms with Crippen LogP contribution in [-0.4, -0.2) is 68.7 Å². The van der Waals surface area contributed by atoms with Gasteiger partial charge in [-0.1, -0.05) is 6.07 Å². The lowest BCUT2D eigenvalue weighted by Gasteiger charge is -2.34. The number of hydrogen-bond donors (Lipinski definition) is 1. The molecule has 1 aliphatic rings. The Morgan fingerprint density at radius 2 is 1.66 bits per heavy atom. The van der Waals surface area contributed by atoms with Gasteiger partial charge in [-0.3, -0.25) is 9.69 Å². The number of amides is 1. The molecule has 0 bridgehead atoms. The number of halogens is 1. The highest BCUT2D eigenvalue weighted by Crippen LogP contribution is 2.17. The van der Waals surface area contributed by atoms with Crippen molar-refractivity contribution in [1.82, 2.24) is 9.80 Å². The summed E-state index contributed by atoms with van der Waals surface area (Å²) in [4.78, 5) is 16.7. The summed E-state index contributed by atoms with van der Waals surface area (Å²) in [6, 6.07) is 13.5. The maximum Gasteiger partial charge on any atom is 0.225 e. The number of ether oxygens (including phenoxy) is 2. The molecule has 0 spiro atoms. The molecule has 1 saturated heterocycles. The molecule has 3 rings (SSSR count). The normalized spacial score (nSPS) is 15.1. The van der Waals surface area contributed by atoms with Crippen LogP contribution in [0.5, 0.6) is 11.5 Å². The number of methoxy groups -OCH3 is 1. The van der Waals surface area contributed by atoms with Crippen LogP contribution >= 0.6 is 0 Å². The quantitative estimate of drug-likeness (QED) is 0.700. The van der Waals surface area contributed by atoms with E-state index in [1.807, 2.05) is 24.3 Å². The number of rotatable bonds is 9. The predicted molar refractivity (Wildman–Crippen MR) is 111 cm³/mol.